The maximum absolute atomic E-state index is 14.7. The van der Waals surface area contributed by atoms with Gasteiger partial charge in [0, 0.05) is 23.5 Å². The van der Waals surface area contributed by atoms with Gasteiger partial charge in [-0.25, -0.2) is 4.39 Å². The number of carbonyl (C=O) groups excluding carboxylic acids is 1. The monoisotopic (exact) mass is 550 g/mol. The molecule has 2 heterocycles. The number of primary amides is 1. The Kier molecular flexibility index (Phi) is 7.57. The lowest BCUT2D eigenvalue weighted by atomic mass is 9.76. The number of benzene rings is 2. The van der Waals surface area contributed by atoms with Crippen molar-refractivity contribution >= 4 is 5.91 Å². The molecule has 0 aliphatic carbocycles. The fourth-order valence-electron chi connectivity index (χ4n) is 5.03. The first kappa shape index (κ1) is 28.3. The Morgan fingerprint density at radius 1 is 1.15 bits per heavy atom. The summed E-state index contributed by atoms with van der Waals surface area (Å²) in [6, 6.07) is 12.3. The van der Waals surface area contributed by atoms with E-state index >= 15 is 0 Å². The number of aryl methyl sites for hydroxylation is 1. The number of aromatic nitrogens is 1. The average molecular weight is 551 g/mol. The second kappa shape index (κ2) is 10.4. The van der Waals surface area contributed by atoms with Crippen molar-refractivity contribution in [3.63, 3.8) is 0 Å². The first-order valence-corrected chi connectivity index (χ1v) is 12.0. The number of carbonyl (C=O) groups is 1. The molecule has 2 aromatic carbocycles. The molecule has 1 aliphatic heterocycles. The molecule has 208 valence electrons. The second-order valence-electron chi connectivity index (χ2n) is 9.59. The molecule has 39 heavy (non-hydrogen) atoms. The van der Waals surface area contributed by atoms with Gasteiger partial charge in [0.15, 0.2) is 17.2 Å². The Labute approximate surface area is 221 Å². The maximum Gasteiger partial charge on any atom is 0.417 e. The molecular formula is C28H27F5N2O4. The topological polar surface area (TPSA) is 83.7 Å². The van der Waals surface area contributed by atoms with Gasteiger partial charge in [0.25, 0.3) is 5.91 Å². The van der Waals surface area contributed by atoms with E-state index in [1.54, 1.807) is 24.3 Å². The molecule has 1 amide bonds. The van der Waals surface area contributed by atoms with Crippen molar-refractivity contribution in [2.24, 2.45) is 11.7 Å². The molecule has 1 saturated heterocycles. The lowest BCUT2D eigenvalue weighted by Gasteiger charge is -2.32. The summed E-state index contributed by atoms with van der Waals surface area (Å²) < 4.78 is 88.4. The highest BCUT2D eigenvalue weighted by atomic mass is 19.4. The Morgan fingerprint density at radius 2 is 1.82 bits per heavy atom. The van der Waals surface area contributed by atoms with Gasteiger partial charge in [-0.3, -0.25) is 9.78 Å². The number of alkyl halides is 3. The normalized spacial score (nSPS) is 23.1. The van der Waals surface area contributed by atoms with Crippen molar-refractivity contribution in [1.29, 1.82) is 0 Å². The van der Waals surface area contributed by atoms with Crippen LogP contribution in [0.1, 0.15) is 58.7 Å². The van der Waals surface area contributed by atoms with Crippen molar-refractivity contribution in [2.75, 3.05) is 7.11 Å². The number of nitrogens with two attached hydrogens (primary N) is 1. The van der Waals surface area contributed by atoms with Gasteiger partial charge < -0.3 is 19.9 Å². The van der Waals surface area contributed by atoms with Crippen LogP contribution in [0.4, 0.5) is 22.0 Å². The van der Waals surface area contributed by atoms with Crippen LogP contribution >= 0.6 is 0 Å². The zero-order valence-electron chi connectivity index (χ0n) is 21.6. The van der Waals surface area contributed by atoms with Crippen molar-refractivity contribution in [3.8, 4) is 11.5 Å². The van der Waals surface area contributed by atoms with Gasteiger partial charge in [-0.1, -0.05) is 43.3 Å². The fraction of sp³-hybridized carbons (Fsp3) is 0.357. The molecular weight excluding hydrogens is 523 g/mol. The molecule has 3 aromatic rings. The number of ether oxygens (including phenoxy) is 3. The van der Waals surface area contributed by atoms with Gasteiger partial charge in [-0.2, -0.15) is 17.6 Å². The van der Waals surface area contributed by atoms with Crippen molar-refractivity contribution in [1.82, 2.24) is 4.98 Å². The Hall–Kier alpha value is -3.73. The van der Waals surface area contributed by atoms with Crippen LogP contribution in [0.15, 0.2) is 48.5 Å². The summed E-state index contributed by atoms with van der Waals surface area (Å²) in [5.41, 5.74) is 3.70. The van der Waals surface area contributed by atoms with E-state index < -0.39 is 53.0 Å². The summed E-state index contributed by atoms with van der Waals surface area (Å²) in [7, 11) is 1.10. The van der Waals surface area contributed by atoms with Crippen LogP contribution < -0.4 is 15.2 Å². The Morgan fingerprint density at radius 3 is 2.41 bits per heavy atom. The molecule has 1 aromatic heterocycles. The molecule has 0 spiro atoms. The number of pyridine rings is 1. The SMILES string of the molecule is COc1c([C@H]2[C@H](c3cc(OCc4ccccc4)c(C(N)=O)c(C)n3)O[C@@](C)(C(F)(F)F)[C@H]2C)ccc(F)c1F. The molecule has 0 bridgehead atoms. The van der Waals surface area contributed by atoms with Crippen molar-refractivity contribution in [2.45, 2.75) is 51.2 Å². The maximum atomic E-state index is 14.7. The van der Waals surface area contributed by atoms with Crippen molar-refractivity contribution < 1.29 is 41.0 Å². The lowest BCUT2D eigenvalue weighted by Crippen LogP contribution is -2.46. The summed E-state index contributed by atoms with van der Waals surface area (Å²) in [6.45, 7) is 3.71. The van der Waals surface area contributed by atoms with Gasteiger partial charge >= 0.3 is 6.18 Å². The number of rotatable bonds is 7. The van der Waals surface area contributed by atoms with Crippen LogP contribution in [0.2, 0.25) is 0 Å². The minimum atomic E-state index is -4.82. The molecule has 0 unspecified atom stereocenters. The highest BCUT2D eigenvalue weighted by Gasteiger charge is 2.65. The van der Waals surface area contributed by atoms with E-state index in [-0.39, 0.29) is 34.9 Å². The first-order valence-electron chi connectivity index (χ1n) is 12.0. The van der Waals surface area contributed by atoms with E-state index in [2.05, 4.69) is 4.98 Å². The smallest absolute Gasteiger partial charge is 0.417 e. The predicted octanol–water partition coefficient (Wildman–Crippen LogP) is 6.17. The van der Waals surface area contributed by atoms with Crippen LogP contribution in [0.5, 0.6) is 11.5 Å². The first-order chi connectivity index (χ1) is 18.3. The molecule has 6 nitrogen and oxygen atoms in total. The predicted molar refractivity (Wildman–Crippen MR) is 131 cm³/mol. The molecule has 1 aliphatic rings. The van der Waals surface area contributed by atoms with E-state index in [0.717, 1.165) is 25.7 Å². The summed E-state index contributed by atoms with van der Waals surface area (Å²) in [4.78, 5) is 16.6. The van der Waals surface area contributed by atoms with Crippen LogP contribution in [0.3, 0.4) is 0 Å². The molecule has 11 heteroatoms. The molecule has 1 fully saturated rings. The average Bonchev–Trinajstić information content (AvgIpc) is 3.16. The summed E-state index contributed by atoms with van der Waals surface area (Å²) >= 11 is 0. The zero-order chi connectivity index (χ0) is 28.7. The minimum absolute atomic E-state index is 0.00159. The van der Waals surface area contributed by atoms with E-state index in [1.165, 1.54) is 26.0 Å². The molecule has 4 atom stereocenters. The van der Waals surface area contributed by atoms with Gasteiger partial charge in [-0.15, -0.1) is 0 Å². The van der Waals surface area contributed by atoms with E-state index in [9.17, 15) is 26.7 Å². The van der Waals surface area contributed by atoms with Crippen LogP contribution in [0.25, 0.3) is 0 Å². The quantitative estimate of drug-likeness (QED) is 0.356. The van der Waals surface area contributed by atoms with Gasteiger partial charge in [0.2, 0.25) is 5.82 Å². The summed E-state index contributed by atoms with van der Waals surface area (Å²) in [5, 5.41) is 0. The van der Waals surface area contributed by atoms with Crippen LogP contribution in [-0.2, 0) is 11.3 Å². The molecule has 0 saturated carbocycles. The third-order valence-electron chi connectivity index (χ3n) is 7.27. The standard InChI is InChI=1S/C28H27F5N2O4/c1-14-21(17-10-11-18(29)23(30)24(17)37-4)25(39-27(14,3)28(31,32)33)19-12-20(22(26(34)36)15(2)35-19)38-13-16-8-6-5-7-9-16/h5-12,14,21,25H,13H2,1-4H3,(H2,34,36)/t14-,21-,25-,27+/m0/s1. The Balaban J connectivity index is 1.88. The molecule has 0 radical (unpaired) electrons. The van der Waals surface area contributed by atoms with E-state index in [4.69, 9.17) is 19.9 Å². The summed E-state index contributed by atoms with van der Waals surface area (Å²) in [5.74, 6) is -6.37. The summed E-state index contributed by atoms with van der Waals surface area (Å²) in [6.07, 6.45) is -6.22. The number of hydrogen-bond donors (Lipinski definition) is 1. The number of nitrogens with zero attached hydrogens (tertiary/aromatic N) is 1. The molecule has 4 rings (SSSR count). The number of halogens is 5. The third kappa shape index (κ3) is 5.03. The number of methoxy groups -OCH3 is 1. The third-order valence-corrected chi connectivity index (χ3v) is 7.27. The van der Waals surface area contributed by atoms with Gasteiger partial charge in [0.05, 0.1) is 18.5 Å². The second-order valence-corrected chi connectivity index (χ2v) is 9.59. The number of amides is 1. The van der Waals surface area contributed by atoms with E-state index in [0.29, 0.717) is 0 Å². The minimum Gasteiger partial charge on any atom is -0.493 e. The highest BCUT2D eigenvalue weighted by Crippen LogP contribution is 2.59. The van der Waals surface area contributed by atoms with Crippen molar-refractivity contribution in [3.05, 3.63) is 88.2 Å². The van der Waals surface area contributed by atoms with Crippen LogP contribution in [0, 0.1) is 24.5 Å². The largest absolute Gasteiger partial charge is 0.493 e. The number of hydrogen-bond acceptors (Lipinski definition) is 5. The fourth-order valence-corrected chi connectivity index (χ4v) is 5.03. The Bertz CT molecular complexity index is 1380. The van der Waals surface area contributed by atoms with Crippen LogP contribution in [-0.4, -0.2) is 29.8 Å². The van der Waals surface area contributed by atoms with Gasteiger partial charge in [0.1, 0.15) is 24.0 Å². The van der Waals surface area contributed by atoms with Gasteiger partial charge in [-0.05, 0) is 25.5 Å². The zero-order valence-corrected chi connectivity index (χ0v) is 21.6. The highest BCUT2D eigenvalue weighted by molar-refractivity contribution is 5.96. The lowest BCUT2D eigenvalue weighted by molar-refractivity contribution is -0.275. The molecule has 2 N–H and O–H groups in total. The van der Waals surface area contributed by atoms with E-state index in [1.807, 2.05) is 6.07 Å².